The zero-order valence-corrected chi connectivity index (χ0v) is 13.4. The molecule has 0 fully saturated rings. The van der Waals surface area contributed by atoms with Crippen LogP contribution >= 0.6 is 23.2 Å². The Morgan fingerprint density at radius 1 is 1.00 bits per heavy atom. The van der Waals surface area contributed by atoms with E-state index in [1.165, 1.54) is 7.11 Å². The maximum absolute atomic E-state index is 12.4. The third-order valence-electron chi connectivity index (χ3n) is 3.32. The SMILES string of the molecule is COC(=O)[C@@H](CC(=O)c1ccccc1)c1c(Cl)cccc1Cl. The van der Waals surface area contributed by atoms with Gasteiger partial charge in [0.05, 0.1) is 13.0 Å². The molecule has 0 heterocycles. The molecule has 0 radical (unpaired) electrons. The Hall–Kier alpha value is -1.84. The number of benzene rings is 2. The third kappa shape index (κ3) is 3.67. The molecule has 0 bridgehead atoms. The van der Waals surface area contributed by atoms with Crippen molar-refractivity contribution in [1.29, 1.82) is 0 Å². The van der Waals surface area contributed by atoms with E-state index in [4.69, 9.17) is 27.9 Å². The van der Waals surface area contributed by atoms with Crippen LogP contribution < -0.4 is 0 Å². The minimum absolute atomic E-state index is 0.0554. The molecule has 0 saturated heterocycles. The normalized spacial score (nSPS) is 11.8. The van der Waals surface area contributed by atoms with E-state index in [0.717, 1.165) is 0 Å². The molecule has 0 aromatic heterocycles. The van der Waals surface area contributed by atoms with Crippen LogP contribution in [0.1, 0.15) is 28.3 Å². The summed E-state index contributed by atoms with van der Waals surface area (Å²) in [4.78, 5) is 24.5. The molecule has 0 aliphatic heterocycles. The van der Waals surface area contributed by atoms with Crippen LogP contribution in [-0.2, 0) is 9.53 Å². The maximum Gasteiger partial charge on any atom is 0.313 e. The molecule has 0 spiro atoms. The molecule has 0 N–H and O–H groups in total. The third-order valence-corrected chi connectivity index (χ3v) is 3.98. The lowest BCUT2D eigenvalue weighted by Crippen LogP contribution is -2.19. The van der Waals surface area contributed by atoms with Gasteiger partial charge in [0.25, 0.3) is 0 Å². The van der Waals surface area contributed by atoms with Crippen molar-refractivity contribution >= 4 is 35.0 Å². The van der Waals surface area contributed by atoms with Crippen molar-refractivity contribution in [2.24, 2.45) is 0 Å². The Kier molecular flexibility index (Phi) is 5.58. The van der Waals surface area contributed by atoms with Crippen LogP contribution in [-0.4, -0.2) is 18.9 Å². The average molecular weight is 337 g/mol. The lowest BCUT2D eigenvalue weighted by atomic mass is 9.91. The van der Waals surface area contributed by atoms with Gasteiger partial charge in [-0.05, 0) is 12.1 Å². The Bertz CT molecular complexity index is 663. The van der Waals surface area contributed by atoms with Crippen LogP contribution in [0.4, 0.5) is 0 Å². The van der Waals surface area contributed by atoms with Crippen LogP contribution in [0.5, 0.6) is 0 Å². The van der Waals surface area contributed by atoms with Gasteiger partial charge in [-0.3, -0.25) is 9.59 Å². The Morgan fingerprint density at radius 2 is 1.59 bits per heavy atom. The number of carbonyl (C=O) groups is 2. The summed E-state index contributed by atoms with van der Waals surface area (Å²) in [6.45, 7) is 0. The summed E-state index contributed by atoms with van der Waals surface area (Å²) >= 11 is 12.3. The Morgan fingerprint density at radius 3 is 2.14 bits per heavy atom. The molecule has 5 heteroatoms. The van der Waals surface area contributed by atoms with Gasteiger partial charge in [0.2, 0.25) is 0 Å². The quantitative estimate of drug-likeness (QED) is 0.595. The molecular weight excluding hydrogens is 323 g/mol. The highest BCUT2D eigenvalue weighted by molar-refractivity contribution is 6.36. The Balaban J connectivity index is 2.36. The summed E-state index contributed by atoms with van der Waals surface area (Å²) in [7, 11) is 1.27. The number of Topliss-reactive ketones (excluding diaryl/α,β-unsaturated/α-hetero) is 1. The van der Waals surface area contributed by atoms with Gasteiger partial charge in [0, 0.05) is 27.6 Å². The van der Waals surface area contributed by atoms with Crippen LogP contribution in [0.25, 0.3) is 0 Å². The summed E-state index contributed by atoms with van der Waals surface area (Å²) in [5.41, 5.74) is 0.946. The van der Waals surface area contributed by atoms with Crippen molar-refractivity contribution in [1.82, 2.24) is 0 Å². The highest BCUT2D eigenvalue weighted by atomic mass is 35.5. The van der Waals surface area contributed by atoms with Crippen LogP contribution in [0, 0.1) is 0 Å². The number of methoxy groups -OCH3 is 1. The molecule has 0 saturated carbocycles. The molecule has 2 aromatic rings. The van der Waals surface area contributed by atoms with E-state index in [1.807, 2.05) is 6.07 Å². The number of carbonyl (C=O) groups excluding carboxylic acids is 2. The fraction of sp³-hybridized carbons (Fsp3) is 0.176. The van der Waals surface area contributed by atoms with E-state index < -0.39 is 11.9 Å². The second kappa shape index (κ2) is 7.43. The van der Waals surface area contributed by atoms with E-state index in [1.54, 1.807) is 42.5 Å². The summed E-state index contributed by atoms with van der Waals surface area (Å²) in [5.74, 6) is -1.55. The summed E-state index contributed by atoms with van der Waals surface area (Å²) in [6.07, 6.45) is -0.0554. The van der Waals surface area contributed by atoms with E-state index in [2.05, 4.69) is 0 Å². The minimum Gasteiger partial charge on any atom is -0.469 e. The molecular formula is C17H14Cl2O3. The average Bonchev–Trinajstić information content (AvgIpc) is 2.53. The van der Waals surface area contributed by atoms with Gasteiger partial charge in [-0.1, -0.05) is 59.6 Å². The first-order valence-electron chi connectivity index (χ1n) is 6.64. The number of rotatable bonds is 5. The monoisotopic (exact) mass is 336 g/mol. The second-order valence-electron chi connectivity index (χ2n) is 4.70. The fourth-order valence-corrected chi connectivity index (χ4v) is 2.88. The smallest absolute Gasteiger partial charge is 0.313 e. The van der Waals surface area contributed by atoms with Crippen molar-refractivity contribution in [3.63, 3.8) is 0 Å². The van der Waals surface area contributed by atoms with Crippen LogP contribution in [0.3, 0.4) is 0 Å². The number of esters is 1. The van der Waals surface area contributed by atoms with E-state index in [-0.39, 0.29) is 12.2 Å². The predicted octanol–water partition coefficient (Wildman–Crippen LogP) is 4.52. The zero-order chi connectivity index (χ0) is 16.1. The van der Waals surface area contributed by atoms with Crippen molar-refractivity contribution in [3.05, 3.63) is 69.7 Å². The number of hydrogen-bond donors (Lipinski definition) is 0. The van der Waals surface area contributed by atoms with Crippen molar-refractivity contribution < 1.29 is 14.3 Å². The largest absolute Gasteiger partial charge is 0.469 e. The second-order valence-corrected chi connectivity index (χ2v) is 5.52. The molecule has 0 unspecified atom stereocenters. The maximum atomic E-state index is 12.4. The van der Waals surface area contributed by atoms with E-state index in [9.17, 15) is 9.59 Å². The molecule has 2 rings (SSSR count). The predicted molar refractivity (Wildman–Crippen MR) is 86.6 cm³/mol. The minimum atomic E-state index is -0.834. The van der Waals surface area contributed by atoms with Crippen molar-refractivity contribution in [3.8, 4) is 0 Å². The van der Waals surface area contributed by atoms with E-state index >= 15 is 0 Å². The van der Waals surface area contributed by atoms with Gasteiger partial charge < -0.3 is 4.74 Å². The Labute approximate surface area is 138 Å². The highest BCUT2D eigenvalue weighted by Gasteiger charge is 2.29. The van der Waals surface area contributed by atoms with Crippen molar-refractivity contribution in [2.75, 3.05) is 7.11 Å². The summed E-state index contributed by atoms with van der Waals surface area (Å²) in [6, 6.07) is 13.7. The topological polar surface area (TPSA) is 43.4 Å². The molecule has 0 amide bonds. The number of halogens is 2. The lowest BCUT2D eigenvalue weighted by Gasteiger charge is -2.17. The van der Waals surface area contributed by atoms with Crippen LogP contribution in [0.2, 0.25) is 10.0 Å². The standard InChI is InChI=1S/C17H14Cl2O3/c1-22-17(21)12(16-13(18)8-5-9-14(16)19)10-15(20)11-6-3-2-4-7-11/h2-9,12H,10H2,1H3/t12-/m0/s1. The van der Waals surface area contributed by atoms with Crippen molar-refractivity contribution in [2.45, 2.75) is 12.3 Å². The van der Waals surface area contributed by atoms with Gasteiger partial charge in [0.1, 0.15) is 0 Å². The lowest BCUT2D eigenvalue weighted by molar-refractivity contribution is -0.142. The number of hydrogen-bond acceptors (Lipinski definition) is 3. The molecule has 0 aliphatic carbocycles. The number of ketones is 1. The molecule has 114 valence electrons. The summed E-state index contributed by atoms with van der Waals surface area (Å²) in [5, 5.41) is 0.674. The first kappa shape index (κ1) is 16.5. The van der Waals surface area contributed by atoms with Gasteiger partial charge in [0.15, 0.2) is 5.78 Å². The first-order valence-corrected chi connectivity index (χ1v) is 7.40. The molecule has 22 heavy (non-hydrogen) atoms. The molecule has 1 atom stereocenters. The molecule has 3 nitrogen and oxygen atoms in total. The molecule has 2 aromatic carbocycles. The van der Waals surface area contributed by atoms with Gasteiger partial charge in [-0.2, -0.15) is 0 Å². The summed E-state index contributed by atoms with van der Waals surface area (Å²) < 4.78 is 4.81. The highest BCUT2D eigenvalue weighted by Crippen LogP contribution is 2.35. The van der Waals surface area contributed by atoms with E-state index in [0.29, 0.717) is 21.2 Å². The number of ether oxygens (including phenoxy) is 1. The fourth-order valence-electron chi connectivity index (χ4n) is 2.22. The first-order chi connectivity index (χ1) is 10.5. The van der Waals surface area contributed by atoms with Gasteiger partial charge in [-0.15, -0.1) is 0 Å². The van der Waals surface area contributed by atoms with Crippen LogP contribution in [0.15, 0.2) is 48.5 Å². The van der Waals surface area contributed by atoms with Gasteiger partial charge >= 0.3 is 5.97 Å². The van der Waals surface area contributed by atoms with Gasteiger partial charge in [-0.25, -0.2) is 0 Å². The molecule has 0 aliphatic rings. The zero-order valence-electron chi connectivity index (χ0n) is 11.9.